The zero-order chi connectivity index (χ0) is 23.4. The molecule has 0 aliphatic heterocycles. The van der Waals surface area contributed by atoms with Crippen LogP contribution in [-0.2, 0) is 17.8 Å². The maximum absolute atomic E-state index is 13.8. The number of halogens is 3. The number of nitrogens with zero attached hydrogens (tertiary/aromatic N) is 2. The van der Waals surface area contributed by atoms with Crippen molar-refractivity contribution < 1.29 is 18.0 Å². The van der Waals surface area contributed by atoms with Crippen LogP contribution in [0, 0.1) is 24.4 Å². The van der Waals surface area contributed by atoms with Crippen LogP contribution in [0.5, 0.6) is 0 Å². The van der Waals surface area contributed by atoms with Crippen molar-refractivity contribution in [2.24, 2.45) is 0 Å². The summed E-state index contributed by atoms with van der Waals surface area (Å²) in [4.78, 5) is 12.3. The highest BCUT2D eigenvalue weighted by atomic mass is 19.1. The van der Waals surface area contributed by atoms with E-state index in [4.69, 9.17) is 0 Å². The molecular formula is C26H22F3N3O. The Morgan fingerprint density at radius 1 is 0.909 bits per heavy atom. The first-order chi connectivity index (χ1) is 15.9. The van der Waals surface area contributed by atoms with Crippen molar-refractivity contribution in [2.45, 2.75) is 26.3 Å². The van der Waals surface area contributed by atoms with Gasteiger partial charge in [-0.3, -0.25) is 4.79 Å². The summed E-state index contributed by atoms with van der Waals surface area (Å²) >= 11 is 0. The molecule has 4 nitrogen and oxygen atoms in total. The fourth-order valence-corrected chi connectivity index (χ4v) is 3.53. The van der Waals surface area contributed by atoms with E-state index in [-0.39, 0.29) is 24.7 Å². The molecule has 0 aliphatic rings. The maximum Gasteiger partial charge on any atom is 0.220 e. The molecule has 0 saturated carbocycles. The lowest BCUT2D eigenvalue weighted by Crippen LogP contribution is -2.23. The Morgan fingerprint density at radius 3 is 2.33 bits per heavy atom. The zero-order valence-corrected chi connectivity index (χ0v) is 18.0. The summed E-state index contributed by atoms with van der Waals surface area (Å²) in [6.45, 7) is 2.02. The minimum Gasteiger partial charge on any atom is -0.352 e. The first kappa shape index (κ1) is 22.3. The Bertz CT molecular complexity index is 1260. The van der Waals surface area contributed by atoms with Crippen molar-refractivity contribution in [2.75, 3.05) is 0 Å². The van der Waals surface area contributed by atoms with E-state index < -0.39 is 11.6 Å². The molecule has 7 heteroatoms. The highest BCUT2D eigenvalue weighted by Crippen LogP contribution is 2.25. The molecule has 0 saturated heterocycles. The van der Waals surface area contributed by atoms with Gasteiger partial charge in [0.1, 0.15) is 17.5 Å². The van der Waals surface area contributed by atoms with Crippen LogP contribution in [0.15, 0.2) is 72.8 Å². The van der Waals surface area contributed by atoms with Gasteiger partial charge in [-0.05, 0) is 55.0 Å². The van der Waals surface area contributed by atoms with Crippen molar-refractivity contribution in [3.63, 3.8) is 0 Å². The number of amides is 1. The molecule has 1 aromatic heterocycles. The molecular weight excluding hydrogens is 427 g/mol. The third kappa shape index (κ3) is 5.68. The Kier molecular flexibility index (Phi) is 6.58. The van der Waals surface area contributed by atoms with Crippen molar-refractivity contribution in [3.8, 4) is 16.9 Å². The van der Waals surface area contributed by atoms with Crippen molar-refractivity contribution in [1.82, 2.24) is 15.1 Å². The van der Waals surface area contributed by atoms with Gasteiger partial charge in [-0.2, -0.15) is 5.10 Å². The van der Waals surface area contributed by atoms with Crippen LogP contribution in [0.25, 0.3) is 16.9 Å². The molecule has 1 N–H and O–H groups in total. The molecule has 0 bridgehead atoms. The number of hydrogen-bond acceptors (Lipinski definition) is 2. The largest absolute Gasteiger partial charge is 0.352 e. The number of nitrogens with one attached hydrogen (secondary N) is 1. The molecule has 0 spiro atoms. The number of benzene rings is 3. The smallest absolute Gasteiger partial charge is 0.220 e. The van der Waals surface area contributed by atoms with Gasteiger partial charge in [0.15, 0.2) is 0 Å². The zero-order valence-electron chi connectivity index (χ0n) is 18.0. The number of aromatic nitrogens is 2. The molecule has 168 valence electrons. The van der Waals surface area contributed by atoms with Gasteiger partial charge in [0.2, 0.25) is 5.91 Å². The molecule has 1 amide bonds. The average molecular weight is 449 g/mol. The second kappa shape index (κ2) is 9.73. The van der Waals surface area contributed by atoms with E-state index in [1.54, 1.807) is 16.8 Å². The molecule has 0 fully saturated rings. The molecule has 33 heavy (non-hydrogen) atoms. The van der Waals surface area contributed by atoms with Crippen molar-refractivity contribution >= 4 is 5.91 Å². The van der Waals surface area contributed by atoms with Crippen LogP contribution >= 0.6 is 0 Å². The SMILES string of the molecule is Cc1ccc(-n2nc(CCC(=O)NCc3cc(F)cc(F)c3)cc2-c2cccc(F)c2)cc1. The summed E-state index contributed by atoms with van der Waals surface area (Å²) in [6, 6.07) is 19.0. The topological polar surface area (TPSA) is 46.9 Å². The summed E-state index contributed by atoms with van der Waals surface area (Å²) < 4.78 is 42.2. The normalized spacial score (nSPS) is 10.9. The fourth-order valence-electron chi connectivity index (χ4n) is 3.53. The average Bonchev–Trinajstić information content (AvgIpc) is 3.20. The summed E-state index contributed by atoms with van der Waals surface area (Å²) in [5.41, 5.74) is 4.33. The molecule has 4 aromatic rings. The molecule has 0 unspecified atom stereocenters. The Hall–Kier alpha value is -3.87. The summed E-state index contributed by atoms with van der Waals surface area (Å²) in [5.74, 6) is -1.99. The lowest BCUT2D eigenvalue weighted by atomic mass is 10.1. The van der Waals surface area contributed by atoms with Crippen LogP contribution in [0.1, 0.15) is 23.2 Å². The van der Waals surface area contributed by atoms with E-state index in [1.807, 2.05) is 37.3 Å². The van der Waals surface area contributed by atoms with Gasteiger partial charge >= 0.3 is 0 Å². The predicted molar refractivity (Wildman–Crippen MR) is 120 cm³/mol. The number of rotatable bonds is 7. The minimum absolute atomic E-state index is 0.0276. The van der Waals surface area contributed by atoms with Crippen LogP contribution < -0.4 is 5.32 Å². The van der Waals surface area contributed by atoms with E-state index in [0.717, 1.165) is 17.3 Å². The lowest BCUT2D eigenvalue weighted by Gasteiger charge is -2.08. The van der Waals surface area contributed by atoms with Crippen molar-refractivity contribution in [1.29, 1.82) is 0 Å². The third-order valence-corrected chi connectivity index (χ3v) is 5.18. The first-order valence-corrected chi connectivity index (χ1v) is 10.5. The van der Waals surface area contributed by atoms with Gasteiger partial charge < -0.3 is 5.32 Å². The van der Waals surface area contributed by atoms with E-state index in [0.29, 0.717) is 28.9 Å². The van der Waals surface area contributed by atoms with Gasteiger partial charge in [-0.15, -0.1) is 0 Å². The molecule has 4 rings (SSSR count). The number of carbonyl (C=O) groups is 1. The first-order valence-electron chi connectivity index (χ1n) is 10.5. The standard InChI is InChI=1S/C26H22F3N3O/c1-17-5-8-24(9-6-17)32-25(19-3-2-4-20(27)13-19)15-23(31-32)7-10-26(33)30-16-18-11-21(28)14-22(29)12-18/h2-6,8-9,11-15H,7,10,16H2,1H3,(H,30,33). The highest BCUT2D eigenvalue weighted by Gasteiger charge is 2.14. The van der Waals surface area contributed by atoms with E-state index in [1.165, 1.54) is 24.3 Å². The maximum atomic E-state index is 13.8. The van der Waals surface area contributed by atoms with Gasteiger partial charge in [0, 0.05) is 31.0 Å². The van der Waals surface area contributed by atoms with E-state index in [2.05, 4.69) is 10.4 Å². The summed E-state index contributed by atoms with van der Waals surface area (Å²) in [7, 11) is 0. The minimum atomic E-state index is -0.689. The van der Waals surface area contributed by atoms with E-state index >= 15 is 0 Å². The second-order valence-electron chi connectivity index (χ2n) is 7.83. The van der Waals surface area contributed by atoms with Crippen molar-refractivity contribution in [3.05, 3.63) is 107 Å². The molecule has 1 heterocycles. The van der Waals surface area contributed by atoms with Crippen LogP contribution in [-0.4, -0.2) is 15.7 Å². The third-order valence-electron chi connectivity index (χ3n) is 5.18. The monoisotopic (exact) mass is 449 g/mol. The quantitative estimate of drug-likeness (QED) is 0.404. The van der Waals surface area contributed by atoms with Gasteiger partial charge in [0.05, 0.1) is 17.1 Å². The lowest BCUT2D eigenvalue weighted by molar-refractivity contribution is -0.121. The predicted octanol–water partition coefficient (Wildman–Crippen LogP) is 5.51. The Balaban J connectivity index is 1.50. The Morgan fingerprint density at radius 2 is 1.64 bits per heavy atom. The van der Waals surface area contributed by atoms with Gasteiger partial charge in [-0.1, -0.05) is 29.8 Å². The van der Waals surface area contributed by atoms with Crippen LogP contribution in [0.3, 0.4) is 0 Å². The van der Waals surface area contributed by atoms with E-state index in [9.17, 15) is 18.0 Å². The summed E-state index contributed by atoms with van der Waals surface area (Å²) in [5, 5.41) is 7.31. The molecule has 0 radical (unpaired) electrons. The number of hydrogen-bond donors (Lipinski definition) is 1. The van der Waals surface area contributed by atoms with Crippen LogP contribution in [0.4, 0.5) is 13.2 Å². The fraction of sp³-hybridized carbons (Fsp3) is 0.154. The Labute approximate surface area is 189 Å². The number of aryl methyl sites for hydroxylation is 2. The van der Waals surface area contributed by atoms with Gasteiger partial charge in [0.25, 0.3) is 0 Å². The molecule has 3 aromatic carbocycles. The highest BCUT2D eigenvalue weighted by molar-refractivity contribution is 5.76. The number of carbonyl (C=O) groups excluding carboxylic acids is 1. The second-order valence-corrected chi connectivity index (χ2v) is 7.83. The van der Waals surface area contributed by atoms with Crippen LogP contribution in [0.2, 0.25) is 0 Å². The molecule has 0 atom stereocenters. The molecule has 0 aliphatic carbocycles. The van der Waals surface area contributed by atoms with Gasteiger partial charge in [-0.25, -0.2) is 17.9 Å². The summed E-state index contributed by atoms with van der Waals surface area (Å²) in [6.07, 6.45) is 0.496.